The van der Waals surface area contributed by atoms with Gasteiger partial charge in [-0.3, -0.25) is 9.59 Å². The molecule has 2 aromatic rings. The number of aliphatic carboxylic acids is 2. The van der Waals surface area contributed by atoms with Crippen LogP contribution in [-0.4, -0.2) is 40.1 Å². The van der Waals surface area contributed by atoms with Crippen molar-refractivity contribution >= 4 is 34.9 Å². The van der Waals surface area contributed by atoms with Gasteiger partial charge >= 0.3 is 11.9 Å². The van der Waals surface area contributed by atoms with Crippen LogP contribution >= 0.6 is 11.3 Å². The number of carboxylic acids is 2. The highest BCUT2D eigenvalue weighted by molar-refractivity contribution is 7.08. The summed E-state index contributed by atoms with van der Waals surface area (Å²) in [6, 6.07) is 9.66. The molecule has 1 aromatic carbocycles. The Labute approximate surface area is 155 Å². The molecule has 0 aliphatic rings. The molecule has 140 valence electrons. The lowest BCUT2D eigenvalue weighted by Gasteiger charge is -2.12. The normalized spacial score (nSPS) is 12.1. The second-order valence-electron chi connectivity index (χ2n) is 5.50. The van der Waals surface area contributed by atoms with Gasteiger partial charge in [-0.15, -0.1) is 0 Å². The zero-order valence-corrected chi connectivity index (χ0v) is 15.3. The van der Waals surface area contributed by atoms with Crippen LogP contribution in [0.4, 0.5) is 5.69 Å². The Morgan fingerprint density at radius 2 is 1.73 bits per heavy atom. The van der Waals surface area contributed by atoms with Crippen LogP contribution in [0, 0.1) is 0 Å². The molecule has 2 unspecified atom stereocenters. The number of amides is 1. The van der Waals surface area contributed by atoms with E-state index in [0.29, 0.717) is 6.42 Å². The molecule has 0 bridgehead atoms. The largest absolute Gasteiger partial charge is 0.480 e. The fraction of sp³-hybridized carbons (Fsp3) is 0.278. The quantitative estimate of drug-likeness (QED) is 0.588. The van der Waals surface area contributed by atoms with Crippen molar-refractivity contribution < 1.29 is 24.6 Å². The fourth-order valence-corrected chi connectivity index (χ4v) is 2.55. The minimum Gasteiger partial charge on any atom is -0.480 e. The molecule has 0 saturated heterocycles. The van der Waals surface area contributed by atoms with Crippen LogP contribution in [0.25, 0.3) is 0 Å². The second kappa shape index (κ2) is 10.9. The number of hydrogen-bond acceptors (Lipinski definition) is 5. The van der Waals surface area contributed by atoms with Gasteiger partial charge in [-0.2, -0.15) is 11.3 Å². The fourth-order valence-electron chi connectivity index (χ4n) is 1.95. The molecule has 1 heterocycles. The standard InChI is InChI=1S/C11H13NO3.C7H9NO2S/c1-8(13)12-10(11(14)15)7-9-5-3-2-4-6-9;1-5(7(9)10)8-6-2-3-11-4-6/h2-6,10H,7H2,1H3,(H,12,13)(H,14,15);2-5,8H,1H3,(H,9,10). The Kier molecular flexibility index (Phi) is 8.86. The van der Waals surface area contributed by atoms with Crippen LogP contribution in [-0.2, 0) is 20.8 Å². The minimum absolute atomic E-state index is 0.301. The van der Waals surface area contributed by atoms with Crippen molar-refractivity contribution in [2.45, 2.75) is 32.4 Å². The highest BCUT2D eigenvalue weighted by Gasteiger charge is 2.18. The van der Waals surface area contributed by atoms with E-state index in [1.807, 2.05) is 47.2 Å². The average Bonchev–Trinajstić information content (AvgIpc) is 3.08. The van der Waals surface area contributed by atoms with E-state index in [2.05, 4.69) is 10.6 Å². The van der Waals surface area contributed by atoms with Gasteiger partial charge in [0.2, 0.25) is 5.91 Å². The molecule has 0 aliphatic heterocycles. The van der Waals surface area contributed by atoms with Crippen molar-refractivity contribution in [3.05, 3.63) is 52.7 Å². The van der Waals surface area contributed by atoms with Crippen molar-refractivity contribution in [2.75, 3.05) is 5.32 Å². The van der Waals surface area contributed by atoms with Crippen LogP contribution in [0.1, 0.15) is 19.4 Å². The molecule has 1 amide bonds. The molecule has 0 fully saturated rings. The molecule has 2 atom stereocenters. The number of carbonyl (C=O) groups is 3. The maximum Gasteiger partial charge on any atom is 0.326 e. The van der Waals surface area contributed by atoms with Crippen molar-refractivity contribution in [1.82, 2.24) is 5.32 Å². The summed E-state index contributed by atoms with van der Waals surface area (Å²) in [4.78, 5) is 32.0. The van der Waals surface area contributed by atoms with Gasteiger partial charge in [0.15, 0.2) is 0 Å². The molecule has 2 rings (SSSR count). The number of rotatable bonds is 7. The molecule has 7 nitrogen and oxygen atoms in total. The molecule has 4 N–H and O–H groups in total. The number of hydrogen-bond donors (Lipinski definition) is 4. The Bertz CT molecular complexity index is 704. The van der Waals surface area contributed by atoms with Gasteiger partial charge in [0.05, 0.1) is 0 Å². The summed E-state index contributed by atoms with van der Waals surface area (Å²) in [5, 5.41) is 26.4. The Morgan fingerprint density at radius 1 is 1.08 bits per heavy atom. The van der Waals surface area contributed by atoms with Gasteiger partial charge in [-0.05, 0) is 23.9 Å². The lowest BCUT2D eigenvalue weighted by Crippen LogP contribution is -2.41. The molecule has 26 heavy (non-hydrogen) atoms. The third kappa shape index (κ3) is 8.29. The zero-order chi connectivity index (χ0) is 19.5. The lowest BCUT2D eigenvalue weighted by molar-refractivity contribution is -0.141. The van der Waals surface area contributed by atoms with Crippen molar-refractivity contribution in [1.29, 1.82) is 0 Å². The van der Waals surface area contributed by atoms with Crippen LogP contribution in [0.3, 0.4) is 0 Å². The van der Waals surface area contributed by atoms with Crippen molar-refractivity contribution in [3.8, 4) is 0 Å². The maximum atomic E-state index is 10.8. The molecule has 8 heteroatoms. The lowest BCUT2D eigenvalue weighted by atomic mass is 10.1. The van der Waals surface area contributed by atoms with Crippen molar-refractivity contribution in [3.63, 3.8) is 0 Å². The SMILES string of the molecule is CC(=O)NC(Cc1ccccc1)C(=O)O.CC(Nc1ccsc1)C(=O)O. The Balaban J connectivity index is 0.000000273. The zero-order valence-electron chi connectivity index (χ0n) is 14.5. The molecular weight excluding hydrogens is 356 g/mol. The highest BCUT2D eigenvalue weighted by atomic mass is 32.1. The van der Waals surface area contributed by atoms with E-state index >= 15 is 0 Å². The van der Waals surface area contributed by atoms with Gasteiger partial charge in [-0.1, -0.05) is 30.3 Å². The summed E-state index contributed by atoms with van der Waals surface area (Å²) >= 11 is 1.54. The minimum atomic E-state index is -1.02. The molecule has 0 radical (unpaired) electrons. The first-order valence-electron chi connectivity index (χ1n) is 7.85. The van der Waals surface area contributed by atoms with Gasteiger partial charge in [0.1, 0.15) is 12.1 Å². The van der Waals surface area contributed by atoms with Crippen LogP contribution in [0.5, 0.6) is 0 Å². The van der Waals surface area contributed by atoms with E-state index < -0.39 is 24.0 Å². The van der Waals surface area contributed by atoms with Gasteiger partial charge in [0, 0.05) is 24.4 Å². The summed E-state index contributed by atoms with van der Waals surface area (Å²) in [6.07, 6.45) is 0.301. The van der Waals surface area contributed by atoms with E-state index in [1.54, 1.807) is 6.92 Å². The predicted octanol–water partition coefficient (Wildman–Crippen LogP) is 2.45. The van der Waals surface area contributed by atoms with E-state index in [0.717, 1.165) is 11.3 Å². The average molecular weight is 378 g/mol. The first-order valence-corrected chi connectivity index (χ1v) is 8.79. The summed E-state index contributed by atoms with van der Waals surface area (Å²) in [7, 11) is 0. The third-order valence-corrected chi connectivity index (χ3v) is 3.92. The number of thiophene rings is 1. The monoisotopic (exact) mass is 378 g/mol. The van der Waals surface area contributed by atoms with Crippen LogP contribution in [0.2, 0.25) is 0 Å². The predicted molar refractivity (Wildman–Crippen MR) is 100 cm³/mol. The molecule has 0 saturated carbocycles. The summed E-state index contributed by atoms with van der Waals surface area (Å²) < 4.78 is 0. The summed E-state index contributed by atoms with van der Waals surface area (Å²) in [5.41, 5.74) is 1.75. The van der Waals surface area contributed by atoms with E-state index in [1.165, 1.54) is 18.3 Å². The molecule has 1 aromatic heterocycles. The molecular formula is C18H22N2O5S. The van der Waals surface area contributed by atoms with Gasteiger partial charge in [-0.25, -0.2) is 4.79 Å². The van der Waals surface area contributed by atoms with Gasteiger partial charge in [0.25, 0.3) is 0 Å². The van der Waals surface area contributed by atoms with Crippen LogP contribution < -0.4 is 10.6 Å². The summed E-state index contributed by atoms with van der Waals surface area (Å²) in [5.74, 6) is -2.19. The van der Waals surface area contributed by atoms with Gasteiger partial charge < -0.3 is 20.8 Å². The first-order chi connectivity index (χ1) is 12.3. The topological polar surface area (TPSA) is 116 Å². The smallest absolute Gasteiger partial charge is 0.326 e. The number of benzene rings is 1. The molecule has 0 aliphatic carbocycles. The first kappa shape index (κ1) is 21.2. The number of carboxylic acid groups (broad SMARTS) is 2. The number of anilines is 1. The second-order valence-corrected chi connectivity index (χ2v) is 6.28. The number of nitrogens with one attached hydrogen (secondary N) is 2. The highest BCUT2D eigenvalue weighted by Crippen LogP contribution is 2.12. The third-order valence-electron chi connectivity index (χ3n) is 3.23. The Morgan fingerprint density at radius 3 is 2.19 bits per heavy atom. The number of carbonyl (C=O) groups excluding carboxylic acids is 1. The van der Waals surface area contributed by atoms with E-state index in [4.69, 9.17) is 10.2 Å². The summed E-state index contributed by atoms with van der Waals surface area (Å²) in [6.45, 7) is 2.92. The van der Waals surface area contributed by atoms with E-state index in [9.17, 15) is 14.4 Å². The maximum absolute atomic E-state index is 10.8. The molecule has 0 spiro atoms. The van der Waals surface area contributed by atoms with Crippen molar-refractivity contribution in [2.24, 2.45) is 0 Å². The van der Waals surface area contributed by atoms with Crippen LogP contribution in [0.15, 0.2) is 47.2 Å². The van der Waals surface area contributed by atoms with E-state index in [-0.39, 0.29) is 5.91 Å². The Hall–Kier alpha value is -2.87.